The minimum absolute atomic E-state index is 0.148. The molecule has 1 aliphatic heterocycles. The number of nitrogens with zero attached hydrogens (tertiary/aromatic N) is 1. The number of rotatable bonds is 6. The number of amides is 1. The van der Waals surface area contributed by atoms with Gasteiger partial charge < -0.3 is 10.1 Å². The maximum absolute atomic E-state index is 12.8. The molecule has 1 aromatic heterocycles. The van der Waals surface area contributed by atoms with Crippen LogP contribution in [0, 0.1) is 5.92 Å². The fraction of sp³-hybridized carbons (Fsp3) is 0.400. The summed E-state index contributed by atoms with van der Waals surface area (Å²) in [7, 11) is -3.34. The highest BCUT2D eigenvalue weighted by molar-refractivity contribution is 7.88. The van der Waals surface area contributed by atoms with Gasteiger partial charge in [-0.25, -0.2) is 17.5 Å². The third-order valence-corrected chi connectivity index (χ3v) is 7.17. The molecule has 1 fully saturated rings. The van der Waals surface area contributed by atoms with Crippen molar-refractivity contribution in [2.75, 3.05) is 31.3 Å². The highest BCUT2D eigenvalue weighted by Gasteiger charge is 2.31. The number of thiophene rings is 1. The Labute approximate surface area is 174 Å². The second-order valence-electron chi connectivity index (χ2n) is 6.89. The molecule has 0 spiro atoms. The predicted octanol–water partition coefficient (Wildman–Crippen LogP) is 3.20. The zero-order valence-corrected chi connectivity index (χ0v) is 18.0. The van der Waals surface area contributed by atoms with E-state index in [0.29, 0.717) is 30.0 Å². The highest BCUT2D eigenvalue weighted by Crippen LogP contribution is 2.36. The van der Waals surface area contributed by atoms with Crippen molar-refractivity contribution in [2.24, 2.45) is 5.92 Å². The van der Waals surface area contributed by atoms with Crippen LogP contribution >= 0.6 is 11.3 Å². The number of hydrogen-bond donors (Lipinski definition) is 1. The van der Waals surface area contributed by atoms with Crippen LogP contribution in [0.4, 0.5) is 5.69 Å². The summed E-state index contributed by atoms with van der Waals surface area (Å²) < 4.78 is 30.1. The summed E-state index contributed by atoms with van der Waals surface area (Å²) in [4.78, 5) is 26.4. The number of ether oxygens (including phenoxy) is 1. The maximum atomic E-state index is 12.8. The van der Waals surface area contributed by atoms with Crippen LogP contribution in [-0.4, -0.2) is 50.6 Å². The minimum atomic E-state index is -3.34. The van der Waals surface area contributed by atoms with Gasteiger partial charge in [0.05, 0.1) is 24.5 Å². The van der Waals surface area contributed by atoms with E-state index < -0.39 is 21.9 Å². The molecular formula is C20H24N2O5S2. The van der Waals surface area contributed by atoms with Gasteiger partial charge in [0.2, 0.25) is 15.9 Å². The Bertz CT molecular complexity index is 986. The molecule has 3 rings (SSSR count). The van der Waals surface area contributed by atoms with Gasteiger partial charge >= 0.3 is 5.97 Å². The quantitative estimate of drug-likeness (QED) is 0.702. The second-order valence-corrected chi connectivity index (χ2v) is 9.92. The SMILES string of the molecule is CCOC(=O)c1sc(-c2ccccc2)cc1NC(=O)C1CCCN(S(C)(=O)=O)C1. The molecule has 0 bridgehead atoms. The van der Waals surface area contributed by atoms with E-state index in [9.17, 15) is 18.0 Å². The number of nitrogens with one attached hydrogen (secondary N) is 1. The Morgan fingerprint density at radius 1 is 1.28 bits per heavy atom. The molecule has 29 heavy (non-hydrogen) atoms. The Kier molecular flexibility index (Phi) is 6.71. The van der Waals surface area contributed by atoms with Gasteiger partial charge in [-0.1, -0.05) is 30.3 Å². The van der Waals surface area contributed by atoms with Gasteiger partial charge in [-0.3, -0.25) is 4.79 Å². The number of carbonyl (C=O) groups excluding carboxylic acids is 2. The lowest BCUT2D eigenvalue weighted by Crippen LogP contribution is -2.43. The number of piperidine rings is 1. The normalized spacial score (nSPS) is 17.7. The van der Waals surface area contributed by atoms with Crippen LogP contribution in [0.1, 0.15) is 29.4 Å². The van der Waals surface area contributed by atoms with E-state index >= 15 is 0 Å². The topological polar surface area (TPSA) is 92.8 Å². The Morgan fingerprint density at radius 3 is 2.66 bits per heavy atom. The molecule has 0 radical (unpaired) electrons. The number of esters is 1. The zero-order valence-electron chi connectivity index (χ0n) is 16.4. The zero-order chi connectivity index (χ0) is 21.0. The van der Waals surface area contributed by atoms with Crippen LogP contribution in [0.5, 0.6) is 0 Å². The van der Waals surface area contributed by atoms with Crippen LogP contribution in [0.2, 0.25) is 0 Å². The molecule has 1 unspecified atom stereocenters. The largest absolute Gasteiger partial charge is 0.462 e. The van der Waals surface area contributed by atoms with E-state index in [1.54, 1.807) is 13.0 Å². The summed E-state index contributed by atoms with van der Waals surface area (Å²) in [5, 5.41) is 2.83. The Morgan fingerprint density at radius 2 is 2.00 bits per heavy atom. The summed E-state index contributed by atoms with van der Waals surface area (Å²) in [6.07, 6.45) is 2.37. The van der Waals surface area contributed by atoms with Gasteiger partial charge in [-0.05, 0) is 31.4 Å². The van der Waals surface area contributed by atoms with E-state index in [4.69, 9.17) is 4.74 Å². The van der Waals surface area contributed by atoms with E-state index in [2.05, 4.69) is 5.32 Å². The molecule has 1 aromatic carbocycles. The Balaban J connectivity index is 1.84. The molecular weight excluding hydrogens is 412 g/mol. The van der Waals surface area contributed by atoms with Crippen molar-refractivity contribution < 1.29 is 22.7 Å². The molecule has 2 aromatic rings. The smallest absolute Gasteiger partial charge is 0.350 e. The summed E-state index contributed by atoms with van der Waals surface area (Å²) >= 11 is 1.26. The van der Waals surface area contributed by atoms with Crippen molar-refractivity contribution in [3.8, 4) is 10.4 Å². The van der Waals surface area contributed by atoms with E-state index in [0.717, 1.165) is 16.7 Å². The van der Waals surface area contributed by atoms with Gasteiger partial charge in [-0.2, -0.15) is 0 Å². The molecule has 1 saturated heterocycles. The fourth-order valence-corrected chi connectivity index (χ4v) is 5.19. The number of carbonyl (C=O) groups is 2. The fourth-order valence-electron chi connectivity index (χ4n) is 3.27. The van der Waals surface area contributed by atoms with Crippen LogP contribution < -0.4 is 5.32 Å². The summed E-state index contributed by atoms with van der Waals surface area (Å²) in [5.74, 6) is -1.24. The van der Waals surface area contributed by atoms with Crippen LogP contribution in [0.3, 0.4) is 0 Å². The first-order chi connectivity index (χ1) is 13.8. The third kappa shape index (κ3) is 5.23. The first kappa shape index (κ1) is 21.5. The average molecular weight is 437 g/mol. The molecule has 9 heteroatoms. The van der Waals surface area contributed by atoms with Crippen molar-refractivity contribution in [1.29, 1.82) is 0 Å². The molecule has 1 atom stereocenters. The van der Waals surface area contributed by atoms with Gasteiger partial charge in [0.1, 0.15) is 4.88 Å². The van der Waals surface area contributed by atoms with Crippen molar-refractivity contribution >= 4 is 38.9 Å². The molecule has 0 aliphatic carbocycles. The van der Waals surface area contributed by atoms with Crippen molar-refractivity contribution in [2.45, 2.75) is 19.8 Å². The van der Waals surface area contributed by atoms with Crippen molar-refractivity contribution in [1.82, 2.24) is 4.31 Å². The van der Waals surface area contributed by atoms with E-state index in [1.165, 1.54) is 15.6 Å². The first-order valence-corrected chi connectivity index (χ1v) is 12.1. The van der Waals surface area contributed by atoms with Crippen molar-refractivity contribution in [3.05, 3.63) is 41.3 Å². The molecule has 0 saturated carbocycles. The Hall–Kier alpha value is -2.23. The van der Waals surface area contributed by atoms with Gasteiger partial charge in [0.15, 0.2) is 0 Å². The minimum Gasteiger partial charge on any atom is -0.462 e. The van der Waals surface area contributed by atoms with Crippen LogP contribution in [0.15, 0.2) is 36.4 Å². The number of hydrogen-bond acceptors (Lipinski definition) is 6. The number of benzene rings is 1. The highest BCUT2D eigenvalue weighted by atomic mass is 32.2. The lowest BCUT2D eigenvalue weighted by atomic mass is 9.98. The van der Waals surface area contributed by atoms with Crippen molar-refractivity contribution in [3.63, 3.8) is 0 Å². The molecule has 1 N–H and O–H groups in total. The maximum Gasteiger partial charge on any atom is 0.350 e. The standard InChI is InChI=1S/C20H24N2O5S2/c1-3-27-20(24)18-16(12-17(28-18)14-8-5-4-6-9-14)21-19(23)15-10-7-11-22(13-15)29(2,25)26/h4-6,8-9,12,15H,3,7,10-11,13H2,1-2H3,(H,21,23). The molecule has 1 aliphatic rings. The molecule has 7 nitrogen and oxygen atoms in total. The summed E-state index contributed by atoms with van der Waals surface area (Å²) in [5.41, 5.74) is 1.33. The first-order valence-electron chi connectivity index (χ1n) is 9.42. The predicted molar refractivity (Wildman–Crippen MR) is 113 cm³/mol. The average Bonchev–Trinajstić information content (AvgIpc) is 3.12. The van der Waals surface area contributed by atoms with Crippen LogP contribution in [-0.2, 0) is 19.6 Å². The van der Waals surface area contributed by atoms with E-state index in [-0.39, 0.29) is 19.1 Å². The van der Waals surface area contributed by atoms with Gasteiger partial charge in [0.25, 0.3) is 0 Å². The lowest BCUT2D eigenvalue weighted by molar-refractivity contribution is -0.120. The van der Waals surface area contributed by atoms with Crippen LogP contribution in [0.25, 0.3) is 10.4 Å². The van der Waals surface area contributed by atoms with Gasteiger partial charge in [-0.15, -0.1) is 11.3 Å². The van der Waals surface area contributed by atoms with Gasteiger partial charge in [0, 0.05) is 18.0 Å². The molecule has 2 heterocycles. The summed E-state index contributed by atoms with van der Waals surface area (Å²) in [6, 6.07) is 11.3. The second kappa shape index (κ2) is 9.06. The number of sulfonamides is 1. The lowest BCUT2D eigenvalue weighted by Gasteiger charge is -2.30. The summed E-state index contributed by atoms with van der Waals surface area (Å²) in [6.45, 7) is 2.53. The molecule has 1 amide bonds. The monoisotopic (exact) mass is 436 g/mol. The van der Waals surface area contributed by atoms with E-state index in [1.807, 2.05) is 30.3 Å². The molecule has 156 valence electrons. The number of anilines is 1. The third-order valence-electron chi connectivity index (χ3n) is 4.73.